The molecule has 21 heavy (non-hydrogen) atoms. The third-order valence-corrected chi connectivity index (χ3v) is 6.25. The molecule has 4 heterocycles. The van der Waals surface area contributed by atoms with Gasteiger partial charge in [0.1, 0.15) is 10.7 Å². The number of anilines is 1. The molecule has 2 bridgehead atoms. The van der Waals surface area contributed by atoms with Crippen LogP contribution >= 0.6 is 15.9 Å². The predicted molar refractivity (Wildman–Crippen MR) is 84.8 cm³/mol. The fourth-order valence-electron chi connectivity index (χ4n) is 3.17. The van der Waals surface area contributed by atoms with E-state index in [4.69, 9.17) is 0 Å². The van der Waals surface area contributed by atoms with Crippen LogP contribution in [0.25, 0.3) is 0 Å². The molecule has 1 unspecified atom stereocenters. The largest absolute Gasteiger partial charge is 0.372 e. The number of fused-ring (bicyclic) bond motifs is 3. The Hall–Kier alpha value is -0.700. The lowest BCUT2D eigenvalue weighted by atomic mass is 9.85. The second-order valence-electron chi connectivity index (χ2n) is 5.62. The molecule has 0 aromatic carbocycles. The summed E-state index contributed by atoms with van der Waals surface area (Å²) in [5, 5.41) is 2.84. The number of nitrogens with one attached hydrogen (secondary N) is 2. The number of pyridine rings is 1. The standard InChI is InChI=1S/C13H19BrN4O2S/c1-15-13-12(6-10(14)7-16-13)21(19,20)17-11-8-18-4-2-9(11)3-5-18/h6-7,9,11,17H,2-5,8H2,1H3,(H,15,16). The fraction of sp³-hybridized carbons (Fsp3) is 0.615. The number of aromatic nitrogens is 1. The molecule has 0 saturated carbocycles. The van der Waals surface area contributed by atoms with Crippen molar-refractivity contribution in [2.45, 2.75) is 23.8 Å². The summed E-state index contributed by atoms with van der Waals surface area (Å²) in [6, 6.07) is 1.59. The highest BCUT2D eigenvalue weighted by Crippen LogP contribution is 2.29. The van der Waals surface area contributed by atoms with Gasteiger partial charge >= 0.3 is 0 Å². The average molecular weight is 375 g/mol. The highest BCUT2D eigenvalue weighted by atomic mass is 79.9. The van der Waals surface area contributed by atoms with Crippen LogP contribution in [0.1, 0.15) is 12.8 Å². The van der Waals surface area contributed by atoms with Gasteiger partial charge in [0.25, 0.3) is 0 Å². The first-order chi connectivity index (χ1) is 9.99. The van der Waals surface area contributed by atoms with E-state index in [9.17, 15) is 8.42 Å². The summed E-state index contributed by atoms with van der Waals surface area (Å²) in [6.45, 7) is 2.98. The molecule has 0 amide bonds. The summed E-state index contributed by atoms with van der Waals surface area (Å²) in [5.41, 5.74) is 0. The molecule has 3 aliphatic rings. The summed E-state index contributed by atoms with van der Waals surface area (Å²) in [5.74, 6) is 0.815. The zero-order valence-electron chi connectivity index (χ0n) is 11.8. The van der Waals surface area contributed by atoms with Gasteiger partial charge in [-0.25, -0.2) is 18.1 Å². The van der Waals surface area contributed by atoms with E-state index in [1.165, 1.54) is 0 Å². The van der Waals surface area contributed by atoms with Crippen LogP contribution in [0.5, 0.6) is 0 Å². The highest BCUT2D eigenvalue weighted by Gasteiger charge is 2.37. The zero-order valence-corrected chi connectivity index (χ0v) is 14.2. The fourth-order valence-corrected chi connectivity index (χ4v) is 5.14. The van der Waals surface area contributed by atoms with Gasteiger partial charge < -0.3 is 10.2 Å². The molecule has 2 N–H and O–H groups in total. The van der Waals surface area contributed by atoms with Gasteiger partial charge in [0, 0.05) is 30.3 Å². The first-order valence-corrected chi connectivity index (χ1v) is 9.35. The molecule has 4 rings (SSSR count). The Morgan fingerprint density at radius 2 is 2.10 bits per heavy atom. The van der Waals surface area contributed by atoms with Crippen molar-refractivity contribution in [3.63, 3.8) is 0 Å². The van der Waals surface area contributed by atoms with Crippen LogP contribution < -0.4 is 10.0 Å². The van der Waals surface area contributed by atoms with Gasteiger partial charge in [0.2, 0.25) is 10.0 Å². The van der Waals surface area contributed by atoms with E-state index in [2.05, 4.69) is 35.9 Å². The molecule has 0 spiro atoms. The topological polar surface area (TPSA) is 74.3 Å². The molecule has 1 aromatic rings. The predicted octanol–water partition coefficient (Wildman–Crippen LogP) is 1.26. The number of hydrogen-bond acceptors (Lipinski definition) is 5. The third kappa shape index (κ3) is 3.08. The maximum absolute atomic E-state index is 12.7. The van der Waals surface area contributed by atoms with Gasteiger partial charge in [-0.15, -0.1) is 0 Å². The number of sulfonamides is 1. The number of piperidine rings is 3. The van der Waals surface area contributed by atoms with E-state index < -0.39 is 10.0 Å². The molecule has 0 radical (unpaired) electrons. The Morgan fingerprint density at radius 1 is 1.38 bits per heavy atom. The summed E-state index contributed by atoms with van der Waals surface area (Å²) in [4.78, 5) is 6.63. The molecule has 6 nitrogen and oxygen atoms in total. The smallest absolute Gasteiger partial charge is 0.244 e. The number of nitrogens with zero attached hydrogens (tertiary/aromatic N) is 2. The minimum Gasteiger partial charge on any atom is -0.372 e. The maximum Gasteiger partial charge on any atom is 0.244 e. The van der Waals surface area contributed by atoms with Crippen molar-refractivity contribution in [1.29, 1.82) is 0 Å². The lowest BCUT2D eigenvalue weighted by Crippen LogP contribution is -2.57. The summed E-state index contributed by atoms with van der Waals surface area (Å²) >= 11 is 3.29. The molecule has 3 fully saturated rings. The second kappa shape index (κ2) is 5.83. The number of hydrogen-bond donors (Lipinski definition) is 2. The van der Waals surface area contributed by atoms with Crippen molar-refractivity contribution in [1.82, 2.24) is 14.6 Å². The lowest BCUT2D eigenvalue weighted by molar-refractivity contribution is 0.0827. The average Bonchev–Trinajstić information content (AvgIpc) is 2.48. The molecule has 1 atom stereocenters. The van der Waals surface area contributed by atoms with Gasteiger partial charge in [0.15, 0.2) is 0 Å². The van der Waals surface area contributed by atoms with Crippen molar-refractivity contribution in [3.8, 4) is 0 Å². The van der Waals surface area contributed by atoms with E-state index >= 15 is 0 Å². The minimum absolute atomic E-state index is 0.00110. The van der Waals surface area contributed by atoms with Crippen LogP contribution in [0.15, 0.2) is 21.6 Å². The van der Waals surface area contributed by atoms with E-state index in [1.54, 1.807) is 19.3 Å². The van der Waals surface area contributed by atoms with Crippen LogP contribution in [-0.2, 0) is 10.0 Å². The zero-order chi connectivity index (χ0) is 15.0. The molecule has 3 aliphatic heterocycles. The normalized spacial score (nSPS) is 28.6. The van der Waals surface area contributed by atoms with Crippen LogP contribution in [0.4, 0.5) is 5.82 Å². The van der Waals surface area contributed by atoms with Crippen LogP contribution in [0.3, 0.4) is 0 Å². The van der Waals surface area contributed by atoms with Gasteiger partial charge in [-0.1, -0.05) is 0 Å². The summed E-state index contributed by atoms with van der Waals surface area (Å²) < 4.78 is 28.9. The summed E-state index contributed by atoms with van der Waals surface area (Å²) in [6.07, 6.45) is 3.73. The van der Waals surface area contributed by atoms with Crippen molar-refractivity contribution in [2.24, 2.45) is 5.92 Å². The quantitative estimate of drug-likeness (QED) is 0.829. The minimum atomic E-state index is -3.58. The van der Waals surface area contributed by atoms with Gasteiger partial charge in [-0.3, -0.25) is 0 Å². The van der Waals surface area contributed by atoms with E-state index in [1.807, 2.05) is 0 Å². The Bertz CT molecular complexity index is 629. The third-order valence-electron chi connectivity index (χ3n) is 4.31. The molecule has 1 aromatic heterocycles. The molecule has 0 aliphatic carbocycles. The first-order valence-electron chi connectivity index (χ1n) is 7.07. The van der Waals surface area contributed by atoms with Crippen molar-refractivity contribution in [3.05, 3.63) is 16.7 Å². The molecule has 8 heteroatoms. The Kier molecular flexibility index (Phi) is 4.22. The Labute approximate surface area is 133 Å². The van der Waals surface area contributed by atoms with Crippen LogP contribution in [0, 0.1) is 5.92 Å². The van der Waals surface area contributed by atoms with E-state index in [0.29, 0.717) is 16.2 Å². The van der Waals surface area contributed by atoms with Crippen LogP contribution in [-0.4, -0.2) is 51.0 Å². The van der Waals surface area contributed by atoms with E-state index in [-0.39, 0.29) is 10.9 Å². The first kappa shape index (κ1) is 15.2. The summed E-state index contributed by atoms with van der Waals surface area (Å²) in [7, 11) is -1.91. The molecular formula is C13H19BrN4O2S. The Balaban J connectivity index is 1.86. The lowest BCUT2D eigenvalue weighted by Gasteiger charge is -2.44. The highest BCUT2D eigenvalue weighted by molar-refractivity contribution is 9.10. The van der Waals surface area contributed by atoms with Gasteiger partial charge in [0.05, 0.1) is 0 Å². The monoisotopic (exact) mass is 374 g/mol. The SMILES string of the molecule is CNc1ncc(Br)cc1S(=O)(=O)NC1CN2CCC1CC2. The van der Waals surface area contributed by atoms with Gasteiger partial charge in [-0.2, -0.15) is 0 Å². The van der Waals surface area contributed by atoms with Crippen molar-refractivity contribution in [2.75, 3.05) is 32.0 Å². The molecule has 116 valence electrons. The van der Waals surface area contributed by atoms with E-state index in [0.717, 1.165) is 32.5 Å². The van der Waals surface area contributed by atoms with Crippen molar-refractivity contribution >= 4 is 31.8 Å². The molecule has 3 saturated heterocycles. The number of rotatable bonds is 4. The Morgan fingerprint density at radius 3 is 2.67 bits per heavy atom. The van der Waals surface area contributed by atoms with Gasteiger partial charge in [-0.05, 0) is 53.8 Å². The van der Waals surface area contributed by atoms with Crippen LogP contribution in [0.2, 0.25) is 0 Å². The maximum atomic E-state index is 12.7. The molecular weight excluding hydrogens is 356 g/mol. The number of halogens is 1. The second-order valence-corrected chi connectivity index (χ2v) is 8.21. The van der Waals surface area contributed by atoms with Crippen molar-refractivity contribution < 1.29 is 8.42 Å².